The lowest BCUT2D eigenvalue weighted by molar-refractivity contribution is 0.102. The summed E-state index contributed by atoms with van der Waals surface area (Å²) in [6.07, 6.45) is 0. The predicted octanol–water partition coefficient (Wildman–Crippen LogP) is 2.98. The van der Waals surface area contributed by atoms with Crippen LogP contribution in [-0.4, -0.2) is 13.0 Å². The van der Waals surface area contributed by atoms with Gasteiger partial charge in [-0.2, -0.15) is 0 Å². The number of rotatable bonds is 3. The van der Waals surface area contributed by atoms with Crippen molar-refractivity contribution in [2.45, 2.75) is 6.92 Å². The first-order chi connectivity index (χ1) is 9.52. The number of halogens is 1. The van der Waals surface area contributed by atoms with Crippen molar-refractivity contribution in [1.29, 1.82) is 0 Å². The second-order valence-electron chi connectivity index (χ2n) is 4.32. The zero-order valence-electron chi connectivity index (χ0n) is 11.2. The van der Waals surface area contributed by atoms with Gasteiger partial charge in [0.25, 0.3) is 5.91 Å². The third-order valence-electron chi connectivity index (χ3n) is 3.02. The fourth-order valence-corrected chi connectivity index (χ4v) is 1.81. The van der Waals surface area contributed by atoms with Crippen LogP contribution in [-0.2, 0) is 0 Å². The summed E-state index contributed by atoms with van der Waals surface area (Å²) in [5.41, 5.74) is 7.22. The average molecular weight is 274 g/mol. The lowest BCUT2D eigenvalue weighted by Gasteiger charge is -2.11. The molecule has 0 aromatic heterocycles. The van der Waals surface area contributed by atoms with Gasteiger partial charge in [-0.3, -0.25) is 4.79 Å². The summed E-state index contributed by atoms with van der Waals surface area (Å²) in [7, 11) is 1.52. The van der Waals surface area contributed by atoms with Crippen LogP contribution >= 0.6 is 0 Å². The van der Waals surface area contributed by atoms with E-state index < -0.39 is 0 Å². The monoisotopic (exact) mass is 274 g/mol. The van der Waals surface area contributed by atoms with Crippen LogP contribution in [0.2, 0.25) is 0 Å². The SMILES string of the molecule is COc1ccc(C(=O)Nc2cccc(F)c2C)c(N)c1. The topological polar surface area (TPSA) is 64.3 Å². The van der Waals surface area contributed by atoms with Crippen molar-refractivity contribution < 1.29 is 13.9 Å². The van der Waals surface area contributed by atoms with Gasteiger partial charge in [0.05, 0.1) is 12.7 Å². The average Bonchev–Trinajstić information content (AvgIpc) is 2.43. The zero-order valence-corrected chi connectivity index (χ0v) is 11.2. The van der Waals surface area contributed by atoms with Crippen LogP contribution in [0.15, 0.2) is 36.4 Å². The van der Waals surface area contributed by atoms with Gasteiger partial charge in [-0.25, -0.2) is 4.39 Å². The molecule has 0 fully saturated rings. The number of methoxy groups -OCH3 is 1. The van der Waals surface area contributed by atoms with Crippen LogP contribution in [0, 0.1) is 12.7 Å². The first kappa shape index (κ1) is 13.9. The van der Waals surface area contributed by atoms with Crippen molar-refractivity contribution in [2.24, 2.45) is 0 Å². The van der Waals surface area contributed by atoms with E-state index in [0.717, 1.165) is 0 Å². The van der Waals surface area contributed by atoms with Crippen LogP contribution in [0.5, 0.6) is 5.75 Å². The molecule has 0 aliphatic rings. The highest BCUT2D eigenvalue weighted by atomic mass is 19.1. The molecule has 2 rings (SSSR count). The van der Waals surface area contributed by atoms with Crippen molar-refractivity contribution in [3.63, 3.8) is 0 Å². The molecule has 0 saturated carbocycles. The Bertz CT molecular complexity index is 656. The van der Waals surface area contributed by atoms with E-state index in [0.29, 0.717) is 28.3 Å². The molecule has 2 aromatic carbocycles. The molecule has 0 aliphatic carbocycles. The molecular formula is C15H15FN2O2. The minimum absolute atomic E-state index is 0.302. The van der Waals surface area contributed by atoms with Crippen LogP contribution in [0.4, 0.5) is 15.8 Å². The second kappa shape index (κ2) is 5.61. The fraction of sp³-hybridized carbons (Fsp3) is 0.133. The van der Waals surface area contributed by atoms with Crippen molar-refractivity contribution in [3.8, 4) is 5.75 Å². The third kappa shape index (κ3) is 2.71. The van der Waals surface area contributed by atoms with Gasteiger partial charge in [-0.15, -0.1) is 0 Å². The van der Waals surface area contributed by atoms with E-state index in [1.807, 2.05) is 0 Å². The smallest absolute Gasteiger partial charge is 0.257 e. The van der Waals surface area contributed by atoms with Gasteiger partial charge in [0.2, 0.25) is 0 Å². The van der Waals surface area contributed by atoms with Gasteiger partial charge >= 0.3 is 0 Å². The molecule has 20 heavy (non-hydrogen) atoms. The summed E-state index contributed by atoms with van der Waals surface area (Å²) in [6.45, 7) is 1.60. The maximum atomic E-state index is 13.4. The highest BCUT2D eigenvalue weighted by Crippen LogP contribution is 2.22. The Morgan fingerprint density at radius 2 is 2.05 bits per heavy atom. The number of carbonyl (C=O) groups excluding carboxylic acids is 1. The van der Waals surface area contributed by atoms with E-state index in [1.165, 1.54) is 19.2 Å². The van der Waals surface area contributed by atoms with E-state index in [4.69, 9.17) is 10.5 Å². The summed E-state index contributed by atoms with van der Waals surface area (Å²) in [5, 5.41) is 2.65. The summed E-state index contributed by atoms with van der Waals surface area (Å²) in [6, 6.07) is 9.28. The molecule has 0 heterocycles. The van der Waals surface area contributed by atoms with Gasteiger partial charge in [-0.05, 0) is 31.2 Å². The standard InChI is InChI=1S/C15H15FN2O2/c1-9-12(16)4-3-5-14(9)18-15(19)11-7-6-10(20-2)8-13(11)17/h3-8H,17H2,1-2H3,(H,18,19). The Labute approximate surface area is 116 Å². The predicted molar refractivity (Wildman–Crippen MR) is 76.5 cm³/mol. The number of nitrogens with two attached hydrogens (primary N) is 1. The van der Waals surface area contributed by atoms with Crippen molar-refractivity contribution in [3.05, 3.63) is 53.3 Å². The van der Waals surface area contributed by atoms with Gasteiger partial charge in [0.15, 0.2) is 0 Å². The number of nitrogen functional groups attached to an aromatic ring is 1. The normalized spacial score (nSPS) is 10.2. The summed E-state index contributed by atoms with van der Waals surface area (Å²) >= 11 is 0. The molecule has 2 aromatic rings. The van der Waals surface area contributed by atoms with Crippen LogP contribution in [0.3, 0.4) is 0 Å². The zero-order chi connectivity index (χ0) is 14.7. The molecule has 0 atom stereocenters. The highest BCUT2D eigenvalue weighted by Gasteiger charge is 2.12. The van der Waals surface area contributed by atoms with E-state index in [-0.39, 0.29) is 11.7 Å². The summed E-state index contributed by atoms with van der Waals surface area (Å²) in [4.78, 5) is 12.1. The lowest BCUT2D eigenvalue weighted by Crippen LogP contribution is -2.15. The quantitative estimate of drug-likeness (QED) is 0.846. The molecule has 104 valence electrons. The summed E-state index contributed by atoms with van der Waals surface area (Å²) < 4.78 is 18.4. The van der Waals surface area contributed by atoms with E-state index in [1.54, 1.807) is 31.2 Å². The maximum Gasteiger partial charge on any atom is 0.257 e. The molecule has 0 aliphatic heterocycles. The number of amides is 1. The number of nitrogens with one attached hydrogen (secondary N) is 1. The molecule has 5 heteroatoms. The number of anilines is 2. The number of ether oxygens (including phenoxy) is 1. The molecule has 4 nitrogen and oxygen atoms in total. The first-order valence-electron chi connectivity index (χ1n) is 6.03. The minimum Gasteiger partial charge on any atom is -0.497 e. The number of hydrogen-bond acceptors (Lipinski definition) is 3. The second-order valence-corrected chi connectivity index (χ2v) is 4.32. The summed E-state index contributed by atoms with van der Waals surface area (Å²) in [5.74, 6) is -0.189. The molecule has 3 N–H and O–H groups in total. The molecule has 1 amide bonds. The van der Waals surface area contributed by atoms with Crippen LogP contribution in [0.25, 0.3) is 0 Å². The van der Waals surface area contributed by atoms with Gasteiger partial charge in [0.1, 0.15) is 11.6 Å². The van der Waals surface area contributed by atoms with Crippen LogP contribution in [0.1, 0.15) is 15.9 Å². The Morgan fingerprint density at radius 3 is 2.70 bits per heavy atom. The molecular weight excluding hydrogens is 259 g/mol. The third-order valence-corrected chi connectivity index (χ3v) is 3.02. The van der Waals surface area contributed by atoms with Gasteiger partial charge < -0.3 is 15.8 Å². The maximum absolute atomic E-state index is 13.4. The molecule has 0 unspecified atom stereocenters. The van der Waals surface area contributed by atoms with Crippen LogP contribution < -0.4 is 15.8 Å². The lowest BCUT2D eigenvalue weighted by atomic mass is 10.1. The van der Waals surface area contributed by atoms with Crippen molar-refractivity contribution in [2.75, 3.05) is 18.2 Å². The van der Waals surface area contributed by atoms with E-state index in [9.17, 15) is 9.18 Å². The van der Waals surface area contributed by atoms with Gasteiger partial charge in [0, 0.05) is 23.0 Å². The fourth-order valence-electron chi connectivity index (χ4n) is 1.81. The number of carbonyl (C=O) groups is 1. The van der Waals surface area contributed by atoms with Gasteiger partial charge in [-0.1, -0.05) is 6.07 Å². The molecule has 0 spiro atoms. The largest absolute Gasteiger partial charge is 0.497 e. The van der Waals surface area contributed by atoms with Crippen molar-refractivity contribution in [1.82, 2.24) is 0 Å². The molecule has 0 saturated heterocycles. The number of benzene rings is 2. The Kier molecular flexibility index (Phi) is 3.89. The Balaban J connectivity index is 2.26. The first-order valence-corrected chi connectivity index (χ1v) is 6.03. The van der Waals surface area contributed by atoms with E-state index in [2.05, 4.69) is 5.32 Å². The number of hydrogen-bond donors (Lipinski definition) is 2. The van der Waals surface area contributed by atoms with E-state index >= 15 is 0 Å². The highest BCUT2D eigenvalue weighted by molar-refractivity contribution is 6.08. The Hall–Kier alpha value is -2.56. The Morgan fingerprint density at radius 1 is 1.30 bits per heavy atom. The molecule has 0 bridgehead atoms. The minimum atomic E-state index is -0.390. The van der Waals surface area contributed by atoms with Crippen molar-refractivity contribution >= 4 is 17.3 Å². The molecule has 0 radical (unpaired) electrons.